The van der Waals surface area contributed by atoms with Gasteiger partial charge < -0.3 is 14.2 Å². The predicted molar refractivity (Wildman–Crippen MR) is 101 cm³/mol. The second-order valence-electron chi connectivity index (χ2n) is 5.18. The van der Waals surface area contributed by atoms with E-state index >= 15 is 0 Å². The Morgan fingerprint density at radius 1 is 1.20 bits per heavy atom. The van der Waals surface area contributed by atoms with Crippen LogP contribution in [0, 0.1) is 0 Å². The molecule has 25 heavy (non-hydrogen) atoms. The van der Waals surface area contributed by atoms with Crippen molar-refractivity contribution in [3.05, 3.63) is 46.9 Å². The Morgan fingerprint density at radius 3 is 2.64 bits per heavy atom. The van der Waals surface area contributed by atoms with E-state index < -0.39 is 6.10 Å². The topological polar surface area (TPSA) is 57.7 Å². The van der Waals surface area contributed by atoms with Gasteiger partial charge in [0.2, 0.25) is 0 Å². The molecule has 0 fully saturated rings. The number of benzene rings is 2. The molecule has 1 unspecified atom stereocenters. The van der Waals surface area contributed by atoms with Gasteiger partial charge in [0.1, 0.15) is 11.5 Å². The lowest BCUT2D eigenvalue weighted by Crippen LogP contribution is -2.25. The lowest BCUT2D eigenvalue weighted by atomic mass is 10.3. The third kappa shape index (κ3) is 4.49. The van der Waals surface area contributed by atoms with Gasteiger partial charge in [0.15, 0.2) is 6.10 Å². The van der Waals surface area contributed by atoms with E-state index in [-0.39, 0.29) is 5.97 Å². The number of hydrogen-bond acceptors (Lipinski definition) is 6. The average molecular weight is 422 g/mol. The maximum Gasteiger partial charge on any atom is 0.347 e. The number of ether oxygens (including phenoxy) is 3. The van der Waals surface area contributed by atoms with Crippen molar-refractivity contribution < 1.29 is 19.0 Å². The van der Waals surface area contributed by atoms with Gasteiger partial charge in [-0.15, -0.1) is 0 Å². The van der Waals surface area contributed by atoms with Crippen LogP contribution >= 0.6 is 27.3 Å². The zero-order valence-corrected chi connectivity index (χ0v) is 16.1. The highest BCUT2D eigenvalue weighted by atomic mass is 79.9. The zero-order valence-electron chi connectivity index (χ0n) is 13.7. The summed E-state index contributed by atoms with van der Waals surface area (Å²) in [5, 5.41) is 0.571. The highest BCUT2D eigenvalue weighted by Crippen LogP contribution is 2.33. The molecule has 130 valence electrons. The van der Waals surface area contributed by atoms with Gasteiger partial charge in [-0.25, -0.2) is 9.78 Å². The molecule has 0 aliphatic carbocycles. The Labute approximate surface area is 157 Å². The summed E-state index contributed by atoms with van der Waals surface area (Å²) in [6.07, 6.45) is -0.658. The number of hydrogen-bond donors (Lipinski definition) is 0. The fraction of sp³-hybridized carbons (Fsp3) is 0.222. The number of rotatable bonds is 6. The fourth-order valence-electron chi connectivity index (χ4n) is 2.12. The Balaban J connectivity index is 1.66. The normalized spacial score (nSPS) is 12.0. The minimum absolute atomic E-state index is 0.331. The zero-order chi connectivity index (χ0) is 17.8. The molecule has 0 saturated carbocycles. The van der Waals surface area contributed by atoms with Crippen LogP contribution in [0.2, 0.25) is 0 Å². The molecule has 0 saturated heterocycles. The van der Waals surface area contributed by atoms with Crippen LogP contribution < -0.4 is 9.47 Å². The lowest BCUT2D eigenvalue weighted by Gasteiger charge is -2.13. The molecule has 5 nitrogen and oxygen atoms in total. The molecule has 0 amide bonds. The Kier molecular flexibility index (Phi) is 5.55. The van der Waals surface area contributed by atoms with Crippen molar-refractivity contribution in [2.45, 2.75) is 20.0 Å². The molecule has 0 spiro atoms. The first-order chi connectivity index (χ1) is 12.0. The van der Waals surface area contributed by atoms with Crippen LogP contribution in [0.15, 0.2) is 46.9 Å². The molecular weight excluding hydrogens is 406 g/mol. The van der Waals surface area contributed by atoms with Crippen molar-refractivity contribution in [2.75, 3.05) is 6.61 Å². The van der Waals surface area contributed by atoms with E-state index in [4.69, 9.17) is 14.2 Å². The van der Waals surface area contributed by atoms with E-state index in [1.165, 1.54) is 11.3 Å². The Hall–Kier alpha value is -2.12. The third-order valence-electron chi connectivity index (χ3n) is 3.29. The van der Waals surface area contributed by atoms with Gasteiger partial charge in [-0.05, 0) is 56.3 Å². The number of thiazole rings is 1. The van der Waals surface area contributed by atoms with E-state index in [1.54, 1.807) is 38.1 Å². The minimum atomic E-state index is -0.658. The summed E-state index contributed by atoms with van der Waals surface area (Å²) in [4.78, 5) is 16.0. The third-order valence-corrected chi connectivity index (χ3v) is 4.70. The van der Waals surface area contributed by atoms with Gasteiger partial charge in [-0.2, -0.15) is 0 Å². The van der Waals surface area contributed by atoms with E-state index in [0.717, 1.165) is 14.7 Å². The van der Waals surface area contributed by atoms with Crippen LogP contribution in [0.5, 0.6) is 16.7 Å². The van der Waals surface area contributed by atoms with Gasteiger partial charge in [-0.1, -0.05) is 27.3 Å². The largest absolute Gasteiger partial charge is 0.479 e. The molecule has 0 aliphatic heterocycles. The number of carbonyl (C=O) groups excluding carboxylic acids is 1. The molecule has 2 aromatic carbocycles. The lowest BCUT2D eigenvalue weighted by molar-refractivity contribution is -0.150. The van der Waals surface area contributed by atoms with Gasteiger partial charge >= 0.3 is 5.97 Å². The van der Waals surface area contributed by atoms with Gasteiger partial charge in [-0.3, -0.25) is 0 Å². The van der Waals surface area contributed by atoms with E-state index in [9.17, 15) is 4.79 Å². The fourth-order valence-corrected chi connectivity index (χ4v) is 3.29. The number of fused-ring (bicyclic) bond motifs is 1. The van der Waals surface area contributed by atoms with Crippen LogP contribution in [0.3, 0.4) is 0 Å². The van der Waals surface area contributed by atoms with Crippen LogP contribution in [-0.4, -0.2) is 23.7 Å². The molecule has 7 heteroatoms. The first-order valence-electron chi connectivity index (χ1n) is 7.72. The Morgan fingerprint density at radius 2 is 1.92 bits per heavy atom. The summed E-state index contributed by atoms with van der Waals surface area (Å²) in [5.41, 5.74) is 0.887. The van der Waals surface area contributed by atoms with Crippen molar-refractivity contribution in [1.82, 2.24) is 4.98 Å². The average Bonchev–Trinajstić information content (AvgIpc) is 2.98. The molecule has 3 aromatic rings. The van der Waals surface area contributed by atoms with Gasteiger partial charge in [0.25, 0.3) is 5.19 Å². The number of halogens is 1. The first-order valence-corrected chi connectivity index (χ1v) is 9.33. The first kappa shape index (κ1) is 17.7. The van der Waals surface area contributed by atoms with Crippen molar-refractivity contribution in [3.63, 3.8) is 0 Å². The summed E-state index contributed by atoms with van der Waals surface area (Å²) in [5.74, 6) is 0.832. The molecule has 3 rings (SSSR count). The maximum absolute atomic E-state index is 11.6. The molecule has 1 atom stereocenters. The van der Waals surface area contributed by atoms with E-state index in [2.05, 4.69) is 20.9 Å². The number of aromatic nitrogens is 1. The Bertz CT molecular complexity index is 878. The molecule has 0 bridgehead atoms. The second-order valence-corrected chi connectivity index (χ2v) is 7.09. The second kappa shape index (κ2) is 7.84. The molecule has 0 radical (unpaired) electrons. The monoisotopic (exact) mass is 421 g/mol. The van der Waals surface area contributed by atoms with Crippen molar-refractivity contribution in [3.8, 4) is 16.7 Å². The molecule has 0 aliphatic rings. The summed E-state index contributed by atoms with van der Waals surface area (Å²) in [6, 6.07) is 13.0. The van der Waals surface area contributed by atoms with Crippen LogP contribution in [-0.2, 0) is 9.53 Å². The minimum Gasteiger partial charge on any atom is -0.479 e. The quantitative estimate of drug-likeness (QED) is 0.513. The summed E-state index contributed by atoms with van der Waals surface area (Å²) >= 11 is 4.91. The van der Waals surface area contributed by atoms with Crippen molar-refractivity contribution >= 4 is 43.5 Å². The highest BCUT2D eigenvalue weighted by molar-refractivity contribution is 9.10. The van der Waals surface area contributed by atoms with Crippen LogP contribution in [0.1, 0.15) is 13.8 Å². The summed E-state index contributed by atoms with van der Waals surface area (Å²) in [6.45, 7) is 3.75. The highest BCUT2D eigenvalue weighted by Gasteiger charge is 2.15. The van der Waals surface area contributed by atoms with E-state index in [1.807, 2.05) is 18.2 Å². The predicted octanol–water partition coefficient (Wildman–Crippen LogP) is 5.18. The standard InChI is InChI=1S/C18H16BrNO4S/c1-3-22-17(21)11(2)23-13-5-7-14(8-6-13)24-18-20-15-10-12(19)4-9-16(15)25-18/h4-11H,3H2,1-2H3. The number of nitrogens with zero attached hydrogens (tertiary/aromatic N) is 1. The van der Waals surface area contributed by atoms with Crippen LogP contribution in [0.4, 0.5) is 0 Å². The molecule has 0 N–H and O–H groups in total. The number of esters is 1. The van der Waals surface area contributed by atoms with Crippen molar-refractivity contribution in [2.24, 2.45) is 0 Å². The van der Waals surface area contributed by atoms with Gasteiger partial charge in [0, 0.05) is 4.47 Å². The summed E-state index contributed by atoms with van der Waals surface area (Å²) in [7, 11) is 0. The van der Waals surface area contributed by atoms with E-state index in [0.29, 0.717) is 23.3 Å². The van der Waals surface area contributed by atoms with Crippen LogP contribution in [0.25, 0.3) is 10.2 Å². The molecule has 1 heterocycles. The maximum atomic E-state index is 11.6. The number of carbonyl (C=O) groups is 1. The van der Waals surface area contributed by atoms with Gasteiger partial charge in [0.05, 0.1) is 16.8 Å². The van der Waals surface area contributed by atoms with Crippen molar-refractivity contribution in [1.29, 1.82) is 0 Å². The molecular formula is C18H16BrNO4S. The summed E-state index contributed by atoms with van der Waals surface area (Å²) < 4.78 is 18.3. The SMILES string of the molecule is CCOC(=O)C(C)Oc1ccc(Oc2nc3cc(Br)ccc3s2)cc1. The smallest absolute Gasteiger partial charge is 0.347 e. The molecule has 1 aromatic heterocycles.